The van der Waals surface area contributed by atoms with E-state index in [4.69, 9.17) is 4.74 Å². The van der Waals surface area contributed by atoms with E-state index >= 15 is 0 Å². The molecule has 2 heterocycles. The normalized spacial score (nSPS) is 12.9. The van der Waals surface area contributed by atoms with Crippen molar-refractivity contribution in [1.29, 1.82) is 0 Å². The molecule has 36 heavy (non-hydrogen) atoms. The van der Waals surface area contributed by atoms with Gasteiger partial charge in [0.15, 0.2) is 16.4 Å². The van der Waals surface area contributed by atoms with E-state index in [0.29, 0.717) is 6.07 Å². The SMILES string of the molecule is CCOC(=O)c1cc(C(F)(F)C(F)(F)F)sc1CNc1ncc(OCC(F)(F)F)cc1S(=O)(=O)CC. The number of rotatable bonds is 10. The fourth-order valence-electron chi connectivity index (χ4n) is 2.60. The largest absolute Gasteiger partial charge is 0.482 e. The fourth-order valence-corrected chi connectivity index (χ4v) is 4.71. The maximum absolute atomic E-state index is 13.9. The van der Waals surface area contributed by atoms with E-state index in [1.165, 1.54) is 13.8 Å². The number of alkyl halides is 8. The smallest absolute Gasteiger partial charge is 0.458 e. The minimum absolute atomic E-state index is 0.0604. The standard InChI is InChI=1S/C19H18F8N2O5S2/c1-3-33-16(30)11-6-14(18(23,24)19(25,26)27)35-12(11)8-29-15-13(36(31,32)4-2)5-10(7-28-15)34-9-17(20,21)22/h5-7H,3-4,8-9H2,1-2H3,(H,28,29). The Bertz CT molecular complexity index is 1190. The van der Waals surface area contributed by atoms with E-state index < -0.39 is 79.9 Å². The van der Waals surface area contributed by atoms with Crippen LogP contribution in [0.1, 0.15) is 34.0 Å². The lowest BCUT2D eigenvalue weighted by Crippen LogP contribution is -2.32. The average molecular weight is 570 g/mol. The molecule has 0 aliphatic rings. The highest BCUT2D eigenvalue weighted by Gasteiger charge is 2.60. The maximum Gasteiger partial charge on any atom is 0.458 e. The second kappa shape index (κ2) is 10.7. The van der Waals surface area contributed by atoms with Gasteiger partial charge >= 0.3 is 24.2 Å². The van der Waals surface area contributed by atoms with Crippen molar-refractivity contribution in [3.63, 3.8) is 0 Å². The third kappa shape index (κ3) is 6.96. The number of halogens is 8. The van der Waals surface area contributed by atoms with Gasteiger partial charge in [-0.15, -0.1) is 11.3 Å². The number of aromatic nitrogens is 1. The van der Waals surface area contributed by atoms with Gasteiger partial charge in [0, 0.05) is 10.9 Å². The molecule has 0 unspecified atom stereocenters. The molecule has 0 aliphatic heterocycles. The monoisotopic (exact) mass is 570 g/mol. The van der Waals surface area contributed by atoms with Gasteiger partial charge in [-0.1, -0.05) is 6.92 Å². The Balaban J connectivity index is 2.46. The molecule has 0 radical (unpaired) electrons. The first-order valence-electron chi connectivity index (χ1n) is 9.84. The molecule has 2 aromatic rings. The van der Waals surface area contributed by atoms with E-state index in [1.807, 2.05) is 0 Å². The summed E-state index contributed by atoms with van der Waals surface area (Å²) in [6.07, 6.45) is -9.92. The van der Waals surface area contributed by atoms with E-state index in [-0.39, 0.29) is 22.8 Å². The Morgan fingerprint density at radius 1 is 1.08 bits per heavy atom. The third-order valence-electron chi connectivity index (χ3n) is 4.33. The van der Waals surface area contributed by atoms with Crippen LogP contribution in [0, 0.1) is 0 Å². The van der Waals surface area contributed by atoms with E-state index in [0.717, 1.165) is 12.3 Å². The van der Waals surface area contributed by atoms with E-state index in [9.17, 15) is 48.3 Å². The Morgan fingerprint density at radius 2 is 1.72 bits per heavy atom. The number of carbonyl (C=O) groups is 1. The molecular weight excluding hydrogens is 552 g/mol. The molecule has 17 heteroatoms. The Hall–Kier alpha value is -2.69. The van der Waals surface area contributed by atoms with Crippen LogP contribution >= 0.6 is 11.3 Å². The summed E-state index contributed by atoms with van der Waals surface area (Å²) in [5.74, 6) is -7.99. The first-order valence-corrected chi connectivity index (χ1v) is 12.3. The van der Waals surface area contributed by atoms with Crippen LogP contribution in [-0.4, -0.2) is 50.7 Å². The number of pyridine rings is 1. The Kier molecular flexibility index (Phi) is 8.81. The third-order valence-corrected chi connectivity index (χ3v) is 7.28. The molecule has 0 amide bonds. The molecule has 0 atom stereocenters. The number of anilines is 1. The summed E-state index contributed by atoms with van der Waals surface area (Å²) in [6.45, 7) is 0.0100. The number of sulfone groups is 1. The Morgan fingerprint density at radius 3 is 2.25 bits per heavy atom. The van der Waals surface area contributed by atoms with Crippen LogP contribution in [0.2, 0.25) is 0 Å². The van der Waals surface area contributed by atoms with Crippen LogP contribution in [0.15, 0.2) is 23.2 Å². The summed E-state index contributed by atoms with van der Waals surface area (Å²) < 4.78 is 137. The molecule has 0 saturated carbocycles. The van der Waals surface area contributed by atoms with Crippen LogP contribution in [-0.2, 0) is 27.0 Å². The number of esters is 1. The van der Waals surface area contributed by atoms with Gasteiger partial charge in [0.25, 0.3) is 0 Å². The highest BCUT2D eigenvalue weighted by molar-refractivity contribution is 7.91. The van der Waals surface area contributed by atoms with Gasteiger partial charge in [-0.2, -0.15) is 35.1 Å². The van der Waals surface area contributed by atoms with Gasteiger partial charge in [-0.05, 0) is 13.0 Å². The van der Waals surface area contributed by atoms with Crippen molar-refractivity contribution in [3.8, 4) is 5.75 Å². The molecule has 0 fully saturated rings. The summed E-state index contributed by atoms with van der Waals surface area (Å²) in [7, 11) is -4.13. The zero-order valence-corrected chi connectivity index (χ0v) is 20.0. The minimum atomic E-state index is -5.95. The second-order valence-electron chi connectivity index (χ2n) is 6.92. The maximum atomic E-state index is 13.9. The van der Waals surface area contributed by atoms with Crippen molar-refractivity contribution in [2.75, 3.05) is 24.3 Å². The predicted octanol–water partition coefficient (Wildman–Crippen LogP) is 5.32. The quantitative estimate of drug-likeness (QED) is 0.305. The lowest BCUT2D eigenvalue weighted by molar-refractivity contribution is -0.287. The van der Waals surface area contributed by atoms with Crippen molar-refractivity contribution in [2.24, 2.45) is 0 Å². The molecule has 7 nitrogen and oxygen atoms in total. The number of nitrogens with one attached hydrogen (secondary N) is 1. The number of ether oxygens (including phenoxy) is 2. The number of hydrogen-bond acceptors (Lipinski definition) is 8. The number of thiophene rings is 1. The molecule has 0 aromatic carbocycles. The molecule has 2 rings (SSSR count). The summed E-state index contributed by atoms with van der Waals surface area (Å²) in [4.78, 5) is 13.4. The van der Waals surface area contributed by atoms with Crippen LogP contribution < -0.4 is 10.1 Å². The van der Waals surface area contributed by atoms with Crippen molar-refractivity contribution >= 4 is 33.0 Å². The molecule has 2 aromatic heterocycles. The highest BCUT2D eigenvalue weighted by Crippen LogP contribution is 2.47. The molecule has 1 N–H and O–H groups in total. The minimum Gasteiger partial charge on any atom is -0.482 e. The van der Waals surface area contributed by atoms with Crippen LogP contribution in [0.3, 0.4) is 0 Å². The van der Waals surface area contributed by atoms with Gasteiger partial charge in [0.05, 0.1) is 35.5 Å². The molecule has 0 spiro atoms. The van der Waals surface area contributed by atoms with Crippen LogP contribution in [0.4, 0.5) is 40.9 Å². The zero-order valence-electron chi connectivity index (χ0n) is 18.4. The number of carbonyl (C=O) groups excluding carboxylic acids is 1. The zero-order chi connectivity index (χ0) is 27.5. The van der Waals surface area contributed by atoms with Gasteiger partial charge in [0.1, 0.15) is 16.5 Å². The van der Waals surface area contributed by atoms with Gasteiger partial charge < -0.3 is 14.8 Å². The van der Waals surface area contributed by atoms with Crippen LogP contribution in [0.25, 0.3) is 0 Å². The van der Waals surface area contributed by atoms with E-state index in [2.05, 4.69) is 15.0 Å². The fraction of sp³-hybridized carbons (Fsp3) is 0.474. The molecule has 202 valence electrons. The number of nitrogens with zero attached hydrogens (tertiary/aromatic N) is 1. The predicted molar refractivity (Wildman–Crippen MR) is 111 cm³/mol. The van der Waals surface area contributed by atoms with Crippen molar-refractivity contribution in [3.05, 3.63) is 33.6 Å². The molecule has 0 saturated heterocycles. The second-order valence-corrected chi connectivity index (χ2v) is 10.3. The molecule has 0 bridgehead atoms. The molecule has 0 aliphatic carbocycles. The summed E-state index contributed by atoms with van der Waals surface area (Å²) in [5, 5.41) is 2.42. The van der Waals surface area contributed by atoms with Crippen molar-refractivity contribution < 1.29 is 57.8 Å². The summed E-state index contributed by atoms with van der Waals surface area (Å²) in [6, 6.07) is 1.09. The van der Waals surface area contributed by atoms with Gasteiger partial charge in [-0.3, -0.25) is 0 Å². The van der Waals surface area contributed by atoms with Crippen molar-refractivity contribution in [2.45, 2.75) is 43.6 Å². The van der Waals surface area contributed by atoms with Gasteiger partial charge in [0.2, 0.25) is 0 Å². The van der Waals surface area contributed by atoms with E-state index in [1.54, 1.807) is 0 Å². The van der Waals surface area contributed by atoms with Crippen molar-refractivity contribution in [1.82, 2.24) is 4.98 Å². The first kappa shape index (κ1) is 29.5. The van der Waals surface area contributed by atoms with Crippen LogP contribution in [0.5, 0.6) is 5.75 Å². The highest BCUT2D eigenvalue weighted by atomic mass is 32.2. The lowest BCUT2D eigenvalue weighted by atomic mass is 10.2. The summed E-state index contributed by atoms with van der Waals surface area (Å²) in [5.41, 5.74) is -0.613. The average Bonchev–Trinajstić information content (AvgIpc) is 3.20. The molecular formula is C19H18F8N2O5S2. The number of hydrogen-bond donors (Lipinski definition) is 1. The first-order chi connectivity index (χ1) is 16.4. The lowest BCUT2D eigenvalue weighted by Gasteiger charge is -2.17. The van der Waals surface area contributed by atoms with Gasteiger partial charge in [-0.25, -0.2) is 18.2 Å². The topological polar surface area (TPSA) is 94.6 Å². The Labute approximate surface area is 203 Å². The summed E-state index contributed by atoms with van der Waals surface area (Å²) >= 11 is -0.0604.